The molecule has 1 aliphatic rings. The van der Waals surface area contributed by atoms with Gasteiger partial charge in [-0.1, -0.05) is 0 Å². The molecule has 1 heterocycles. The van der Waals surface area contributed by atoms with Crippen molar-refractivity contribution in [3.8, 4) is 11.5 Å². The van der Waals surface area contributed by atoms with Crippen LogP contribution in [0.25, 0.3) is 0 Å². The lowest BCUT2D eigenvalue weighted by atomic mass is 10.1. The minimum absolute atomic E-state index is 0.0952. The van der Waals surface area contributed by atoms with Gasteiger partial charge in [0, 0.05) is 18.7 Å². The Morgan fingerprint density at radius 2 is 2.06 bits per heavy atom. The third kappa shape index (κ3) is 3.62. The Bertz CT molecular complexity index is 368. The topological polar surface area (TPSA) is 61.7 Å². The van der Waals surface area contributed by atoms with Gasteiger partial charge >= 0.3 is 0 Å². The van der Waals surface area contributed by atoms with E-state index in [-0.39, 0.29) is 17.5 Å². The van der Waals surface area contributed by atoms with Gasteiger partial charge in [-0.25, -0.2) is 0 Å². The number of phenolic OH excluding ortho intramolecular Hbond substituents is 2. The Hall–Kier alpha value is -1.26. The van der Waals surface area contributed by atoms with Crippen molar-refractivity contribution >= 4 is 0 Å². The highest BCUT2D eigenvalue weighted by Crippen LogP contribution is 2.24. The summed E-state index contributed by atoms with van der Waals surface area (Å²) in [5.74, 6) is 0.190. The zero-order valence-electron chi connectivity index (χ0n) is 10.7. The Labute approximate surface area is 108 Å². The quantitative estimate of drug-likeness (QED) is 0.751. The van der Waals surface area contributed by atoms with Gasteiger partial charge < -0.3 is 20.3 Å². The van der Waals surface area contributed by atoms with E-state index in [1.807, 2.05) is 6.92 Å². The van der Waals surface area contributed by atoms with Gasteiger partial charge in [-0.15, -0.1) is 0 Å². The SMILES string of the molecule is CC(NCCC1CCCO1)c1cc(O)cc(O)c1. The highest BCUT2D eigenvalue weighted by molar-refractivity contribution is 5.37. The highest BCUT2D eigenvalue weighted by atomic mass is 16.5. The van der Waals surface area contributed by atoms with Crippen molar-refractivity contribution in [2.45, 2.75) is 38.3 Å². The number of rotatable bonds is 5. The van der Waals surface area contributed by atoms with E-state index in [1.54, 1.807) is 12.1 Å². The average Bonchev–Trinajstić information content (AvgIpc) is 2.80. The first-order chi connectivity index (χ1) is 8.65. The molecule has 2 unspecified atom stereocenters. The largest absolute Gasteiger partial charge is 0.508 e. The van der Waals surface area contributed by atoms with Crippen molar-refractivity contribution in [1.29, 1.82) is 0 Å². The maximum absolute atomic E-state index is 9.43. The molecule has 0 spiro atoms. The molecule has 1 aromatic rings. The molecule has 0 radical (unpaired) electrons. The van der Waals surface area contributed by atoms with E-state index in [0.29, 0.717) is 6.10 Å². The van der Waals surface area contributed by atoms with Crippen LogP contribution in [0.2, 0.25) is 0 Å². The van der Waals surface area contributed by atoms with Crippen LogP contribution in [0.3, 0.4) is 0 Å². The van der Waals surface area contributed by atoms with Crippen LogP contribution >= 0.6 is 0 Å². The summed E-state index contributed by atoms with van der Waals surface area (Å²) in [5, 5.41) is 22.2. The molecule has 0 aromatic heterocycles. The van der Waals surface area contributed by atoms with Gasteiger partial charge in [0.15, 0.2) is 0 Å². The first-order valence-corrected chi connectivity index (χ1v) is 6.53. The normalized spacial score (nSPS) is 21.1. The second kappa shape index (κ2) is 6.07. The summed E-state index contributed by atoms with van der Waals surface area (Å²) in [6, 6.07) is 4.78. The zero-order chi connectivity index (χ0) is 13.0. The second-order valence-electron chi connectivity index (χ2n) is 4.88. The van der Waals surface area contributed by atoms with Gasteiger partial charge in [0.1, 0.15) is 11.5 Å². The lowest BCUT2D eigenvalue weighted by Gasteiger charge is -2.16. The van der Waals surface area contributed by atoms with Crippen molar-refractivity contribution in [2.75, 3.05) is 13.2 Å². The zero-order valence-corrected chi connectivity index (χ0v) is 10.7. The van der Waals surface area contributed by atoms with E-state index in [2.05, 4.69) is 5.32 Å². The standard InChI is InChI=1S/C14H21NO3/c1-10(11-7-12(16)9-13(17)8-11)15-5-4-14-3-2-6-18-14/h7-10,14-17H,2-6H2,1H3. The molecule has 18 heavy (non-hydrogen) atoms. The predicted octanol–water partition coefficient (Wildman–Crippen LogP) is 2.32. The van der Waals surface area contributed by atoms with Crippen molar-refractivity contribution in [3.05, 3.63) is 23.8 Å². The molecule has 1 aromatic carbocycles. The molecule has 1 fully saturated rings. The van der Waals surface area contributed by atoms with Gasteiger partial charge in [-0.3, -0.25) is 0 Å². The molecule has 1 saturated heterocycles. The third-order valence-electron chi connectivity index (χ3n) is 3.37. The number of hydrogen-bond acceptors (Lipinski definition) is 4. The van der Waals surface area contributed by atoms with Gasteiger partial charge in [-0.05, 0) is 50.4 Å². The van der Waals surface area contributed by atoms with E-state index in [0.717, 1.165) is 31.6 Å². The van der Waals surface area contributed by atoms with Crippen LogP contribution < -0.4 is 5.32 Å². The summed E-state index contributed by atoms with van der Waals surface area (Å²) in [7, 11) is 0. The van der Waals surface area contributed by atoms with E-state index >= 15 is 0 Å². The van der Waals surface area contributed by atoms with Gasteiger partial charge in [0.25, 0.3) is 0 Å². The first kappa shape index (κ1) is 13.2. The Morgan fingerprint density at radius 1 is 1.33 bits per heavy atom. The molecule has 4 nitrogen and oxygen atoms in total. The molecule has 3 N–H and O–H groups in total. The smallest absolute Gasteiger partial charge is 0.119 e. The second-order valence-corrected chi connectivity index (χ2v) is 4.88. The molecule has 1 aliphatic heterocycles. The van der Waals surface area contributed by atoms with Gasteiger partial charge in [-0.2, -0.15) is 0 Å². The average molecular weight is 251 g/mol. The van der Waals surface area contributed by atoms with Crippen molar-refractivity contribution < 1.29 is 14.9 Å². The fourth-order valence-electron chi connectivity index (χ4n) is 2.32. The van der Waals surface area contributed by atoms with Crippen LogP contribution in [0.1, 0.15) is 37.8 Å². The van der Waals surface area contributed by atoms with Gasteiger partial charge in [0.05, 0.1) is 6.10 Å². The third-order valence-corrected chi connectivity index (χ3v) is 3.37. The van der Waals surface area contributed by atoms with Crippen molar-refractivity contribution in [1.82, 2.24) is 5.32 Å². The fourth-order valence-corrected chi connectivity index (χ4v) is 2.32. The van der Waals surface area contributed by atoms with Crippen LogP contribution in [0.15, 0.2) is 18.2 Å². The molecule has 0 bridgehead atoms. The minimum Gasteiger partial charge on any atom is -0.508 e. The Balaban J connectivity index is 1.81. The molecule has 2 atom stereocenters. The molecule has 0 saturated carbocycles. The monoisotopic (exact) mass is 251 g/mol. The highest BCUT2D eigenvalue weighted by Gasteiger charge is 2.15. The number of ether oxygens (including phenoxy) is 1. The summed E-state index contributed by atoms with van der Waals surface area (Å²) in [6.45, 7) is 3.78. The van der Waals surface area contributed by atoms with Crippen molar-refractivity contribution in [3.63, 3.8) is 0 Å². The fraction of sp³-hybridized carbons (Fsp3) is 0.571. The number of benzene rings is 1. The lowest BCUT2D eigenvalue weighted by Crippen LogP contribution is -2.23. The maximum Gasteiger partial charge on any atom is 0.119 e. The molecule has 4 heteroatoms. The number of hydrogen-bond donors (Lipinski definition) is 3. The van der Waals surface area contributed by atoms with E-state index in [9.17, 15) is 10.2 Å². The first-order valence-electron chi connectivity index (χ1n) is 6.53. The van der Waals surface area contributed by atoms with E-state index < -0.39 is 0 Å². The maximum atomic E-state index is 9.43. The van der Waals surface area contributed by atoms with Crippen LogP contribution in [-0.4, -0.2) is 29.5 Å². The molecular weight excluding hydrogens is 230 g/mol. The van der Waals surface area contributed by atoms with Gasteiger partial charge in [0.2, 0.25) is 0 Å². The molecule has 100 valence electrons. The minimum atomic E-state index is 0.0952. The summed E-state index contributed by atoms with van der Waals surface area (Å²) in [4.78, 5) is 0. The summed E-state index contributed by atoms with van der Waals surface area (Å²) < 4.78 is 5.56. The van der Waals surface area contributed by atoms with Crippen LogP contribution in [-0.2, 0) is 4.74 Å². The number of nitrogens with one attached hydrogen (secondary N) is 1. The molecule has 0 amide bonds. The van der Waals surface area contributed by atoms with E-state index in [4.69, 9.17) is 4.74 Å². The molecular formula is C14H21NO3. The predicted molar refractivity (Wildman–Crippen MR) is 69.8 cm³/mol. The summed E-state index contributed by atoms with van der Waals surface area (Å²) in [6.07, 6.45) is 3.72. The summed E-state index contributed by atoms with van der Waals surface area (Å²) >= 11 is 0. The molecule has 0 aliphatic carbocycles. The Kier molecular flexibility index (Phi) is 4.44. The molecule has 2 rings (SSSR count). The number of aromatic hydroxyl groups is 2. The van der Waals surface area contributed by atoms with Crippen LogP contribution in [0.5, 0.6) is 11.5 Å². The van der Waals surface area contributed by atoms with E-state index in [1.165, 1.54) is 12.5 Å². The summed E-state index contributed by atoms with van der Waals surface area (Å²) in [5.41, 5.74) is 0.889. The Morgan fingerprint density at radius 3 is 2.67 bits per heavy atom. The van der Waals surface area contributed by atoms with Crippen LogP contribution in [0.4, 0.5) is 0 Å². The lowest BCUT2D eigenvalue weighted by molar-refractivity contribution is 0.103. The van der Waals surface area contributed by atoms with Crippen LogP contribution in [0, 0.1) is 0 Å². The number of phenols is 2. The van der Waals surface area contributed by atoms with Crippen molar-refractivity contribution in [2.24, 2.45) is 0 Å².